The zero-order valence-electron chi connectivity index (χ0n) is 16.1. The fourth-order valence-corrected chi connectivity index (χ4v) is 3.55. The summed E-state index contributed by atoms with van der Waals surface area (Å²) in [6.07, 6.45) is 3.57. The van der Waals surface area contributed by atoms with Crippen LogP contribution in [0.1, 0.15) is 35.8 Å². The van der Waals surface area contributed by atoms with Crippen molar-refractivity contribution in [1.29, 1.82) is 0 Å². The molecule has 2 heterocycles. The summed E-state index contributed by atoms with van der Waals surface area (Å²) < 4.78 is 14.8. The third-order valence-corrected chi connectivity index (χ3v) is 5.03. The van der Waals surface area contributed by atoms with Gasteiger partial charge in [0.15, 0.2) is 0 Å². The zero-order chi connectivity index (χ0) is 20.4. The SMILES string of the molecule is CCc1c(C(=O)Nc2ccc(N3CCCC3=O)cc2)cnn1-c1ccc(F)cc1. The molecule has 1 aliphatic rings. The number of hydrogen-bond donors (Lipinski definition) is 1. The fourth-order valence-electron chi connectivity index (χ4n) is 3.55. The highest BCUT2D eigenvalue weighted by molar-refractivity contribution is 6.05. The average Bonchev–Trinajstić information content (AvgIpc) is 3.35. The molecule has 1 aliphatic heterocycles. The van der Waals surface area contributed by atoms with Crippen molar-refractivity contribution in [3.63, 3.8) is 0 Å². The molecule has 0 radical (unpaired) electrons. The van der Waals surface area contributed by atoms with Crippen LogP contribution < -0.4 is 10.2 Å². The monoisotopic (exact) mass is 392 g/mol. The Hall–Kier alpha value is -3.48. The summed E-state index contributed by atoms with van der Waals surface area (Å²) in [4.78, 5) is 26.4. The lowest BCUT2D eigenvalue weighted by Gasteiger charge is -2.16. The third-order valence-electron chi connectivity index (χ3n) is 5.03. The summed E-state index contributed by atoms with van der Waals surface area (Å²) in [6.45, 7) is 2.67. The highest BCUT2D eigenvalue weighted by atomic mass is 19.1. The highest BCUT2D eigenvalue weighted by Gasteiger charge is 2.22. The number of nitrogens with one attached hydrogen (secondary N) is 1. The summed E-state index contributed by atoms with van der Waals surface area (Å²) in [5.41, 5.74) is 3.39. The van der Waals surface area contributed by atoms with Crippen LogP contribution in [-0.2, 0) is 11.2 Å². The normalized spacial score (nSPS) is 13.7. The largest absolute Gasteiger partial charge is 0.322 e. The molecular formula is C22H21FN4O2. The van der Waals surface area contributed by atoms with E-state index >= 15 is 0 Å². The molecule has 2 aromatic carbocycles. The molecule has 1 N–H and O–H groups in total. The number of carbonyl (C=O) groups excluding carboxylic acids is 2. The number of carbonyl (C=O) groups is 2. The molecule has 6 nitrogen and oxygen atoms in total. The van der Waals surface area contributed by atoms with Gasteiger partial charge in [-0.3, -0.25) is 9.59 Å². The number of rotatable bonds is 5. The van der Waals surface area contributed by atoms with E-state index in [1.807, 2.05) is 19.1 Å². The molecule has 148 valence electrons. The Labute approximate surface area is 167 Å². The molecule has 0 bridgehead atoms. The van der Waals surface area contributed by atoms with Gasteiger partial charge in [-0.25, -0.2) is 9.07 Å². The van der Waals surface area contributed by atoms with E-state index < -0.39 is 0 Å². The van der Waals surface area contributed by atoms with Crippen LogP contribution in [0.5, 0.6) is 0 Å². The van der Waals surface area contributed by atoms with E-state index in [0.717, 1.165) is 24.3 Å². The van der Waals surface area contributed by atoms with Crippen LogP contribution in [0, 0.1) is 5.82 Å². The van der Waals surface area contributed by atoms with Gasteiger partial charge < -0.3 is 10.2 Å². The van der Waals surface area contributed by atoms with Crippen LogP contribution in [-0.4, -0.2) is 28.1 Å². The summed E-state index contributed by atoms with van der Waals surface area (Å²) >= 11 is 0. The van der Waals surface area contributed by atoms with Gasteiger partial charge in [0.05, 0.1) is 23.1 Å². The van der Waals surface area contributed by atoms with Gasteiger partial charge in [-0.1, -0.05) is 6.92 Å². The van der Waals surface area contributed by atoms with E-state index in [1.165, 1.54) is 18.3 Å². The zero-order valence-corrected chi connectivity index (χ0v) is 16.1. The summed E-state index contributed by atoms with van der Waals surface area (Å²) in [6, 6.07) is 13.2. The lowest BCUT2D eigenvalue weighted by atomic mass is 10.1. The standard InChI is InChI=1S/C22H21FN4O2/c1-2-20-19(14-24-27(20)18-9-5-15(23)6-10-18)22(29)25-16-7-11-17(12-8-16)26-13-3-4-21(26)28/h5-12,14H,2-4,13H2,1H3,(H,25,29). The van der Waals surface area contributed by atoms with Crippen LogP contribution in [0.2, 0.25) is 0 Å². The minimum atomic E-state index is -0.323. The maximum absolute atomic E-state index is 13.2. The smallest absolute Gasteiger partial charge is 0.259 e. The van der Waals surface area contributed by atoms with E-state index in [9.17, 15) is 14.0 Å². The van der Waals surface area contributed by atoms with Crippen molar-refractivity contribution >= 4 is 23.2 Å². The summed E-state index contributed by atoms with van der Waals surface area (Å²) in [5, 5.41) is 7.19. The van der Waals surface area contributed by atoms with E-state index in [-0.39, 0.29) is 17.6 Å². The maximum Gasteiger partial charge on any atom is 0.259 e. The van der Waals surface area contributed by atoms with Crippen LogP contribution in [0.25, 0.3) is 5.69 Å². The minimum absolute atomic E-state index is 0.127. The number of benzene rings is 2. The topological polar surface area (TPSA) is 67.2 Å². The van der Waals surface area contributed by atoms with Gasteiger partial charge >= 0.3 is 0 Å². The quantitative estimate of drug-likeness (QED) is 0.715. The number of amides is 2. The molecular weight excluding hydrogens is 371 g/mol. The summed E-state index contributed by atoms with van der Waals surface area (Å²) in [7, 11) is 0. The predicted octanol–water partition coefficient (Wildman–Crippen LogP) is 3.95. The Morgan fingerprint density at radius 1 is 1.10 bits per heavy atom. The lowest BCUT2D eigenvalue weighted by Crippen LogP contribution is -2.23. The minimum Gasteiger partial charge on any atom is -0.322 e. The van der Waals surface area contributed by atoms with Gasteiger partial charge in [0.2, 0.25) is 5.91 Å². The van der Waals surface area contributed by atoms with E-state index in [2.05, 4.69) is 10.4 Å². The van der Waals surface area contributed by atoms with Crippen molar-refractivity contribution in [1.82, 2.24) is 9.78 Å². The number of nitrogens with zero attached hydrogens (tertiary/aromatic N) is 3. The van der Waals surface area contributed by atoms with Gasteiger partial charge in [0, 0.05) is 24.3 Å². The molecule has 1 aromatic heterocycles. The Morgan fingerprint density at radius 3 is 2.41 bits per heavy atom. The van der Waals surface area contributed by atoms with Gasteiger partial charge in [-0.05, 0) is 61.4 Å². The van der Waals surface area contributed by atoms with Gasteiger partial charge in [-0.2, -0.15) is 5.10 Å². The van der Waals surface area contributed by atoms with E-state index in [0.29, 0.717) is 29.8 Å². The highest BCUT2D eigenvalue weighted by Crippen LogP contribution is 2.24. The molecule has 4 rings (SSSR count). The van der Waals surface area contributed by atoms with Gasteiger partial charge in [0.25, 0.3) is 5.91 Å². The van der Waals surface area contributed by atoms with Gasteiger partial charge in [-0.15, -0.1) is 0 Å². The summed E-state index contributed by atoms with van der Waals surface area (Å²) in [5.74, 6) is -0.459. The maximum atomic E-state index is 13.2. The van der Waals surface area contributed by atoms with Crippen molar-refractivity contribution in [2.75, 3.05) is 16.8 Å². The third kappa shape index (κ3) is 3.76. The first-order valence-electron chi connectivity index (χ1n) is 9.61. The van der Waals surface area contributed by atoms with Gasteiger partial charge in [0.1, 0.15) is 5.82 Å². The molecule has 0 atom stereocenters. The molecule has 0 saturated carbocycles. The molecule has 7 heteroatoms. The Bertz CT molecular complexity index is 1040. The fraction of sp³-hybridized carbons (Fsp3) is 0.227. The second kappa shape index (κ2) is 7.87. The Kier molecular flexibility index (Phi) is 5.12. The molecule has 0 spiro atoms. The van der Waals surface area contributed by atoms with Crippen molar-refractivity contribution in [2.24, 2.45) is 0 Å². The van der Waals surface area contributed by atoms with Crippen molar-refractivity contribution in [3.05, 3.63) is 71.8 Å². The molecule has 0 aliphatic carbocycles. The first kappa shape index (κ1) is 18.9. The van der Waals surface area contributed by atoms with Crippen molar-refractivity contribution in [3.8, 4) is 5.69 Å². The van der Waals surface area contributed by atoms with Crippen LogP contribution in [0.3, 0.4) is 0 Å². The first-order chi connectivity index (χ1) is 14.1. The molecule has 2 amide bonds. The first-order valence-corrected chi connectivity index (χ1v) is 9.61. The van der Waals surface area contributed by atoms with E-state index in [4.69, 9.17) is 0 Å². The average molecular weight is 392 g/mol. The second-order valence-electron chi connectivity index (χ2n) is 6.90. The predicted molar refractivity (Wildman–Crippen MR) is 109 cm³/mol. The lowest BCUT2D eigenvalue weighted by molar-refractivity contribution is -0.117. The molecule has 29 heavy (non-hydrogen) atoms. The van der Waals surface area contributed by atoms with Crippen LogP contribution in [0.4, 0.5) is 15.8 Å². The Morgan fingerprint density at radius 2 is 1.79 bits per heavy atom. The van der Waals surface area contributed by atoms with Crippen molar-refractivity contribution < 1.29 is 14.0 Å². The van der Waals surface area contributed by atoms with Crippen LogP contribution >= 0.6 is 0 Å². The van der Waals surface area contributed by atoms with Crippen molar-refractivity contribution in [2.45, 2.75) is 26.2 Å². The molecule has 3 aromatic rings. The number of aromatic nitrogens is 2. The second-order valence-corrected chi connectivity index (χ2v) is 6.90. The molecule has 1 saturated heterocycles. The molecule has 0 unspecified atom stereocenters. The number of anilines is 2. The number of halogens is 1. The molecule has 1 fully saturated rings. The van der Waals surface area contributed by atoms with E-state index in [1.54, 1.807) is 33.8 Å². The van der Waals surface area contributed by atoms with Crippen LogP contribution in [0.15, 0.2) is 54.7 Å². The Balaban J connectivity index is 1.52. The number of hydrogen-bond acceptors (Lipinski definition) is 3.